The molecule has 0 amide bonds. The first kappa shape index (κ1) is 17.5. The van der Waals surface area contributed by atoms with E-state index in [0.29, 0.717) is 7.25 Å². The molecule has 2 unspecified atom stereocenters. The van der Waals surface area contributed by atoms with Crippen LogP contribution in [0.25, 0.3) is 0 Å². The van der Waals surface area contributed by atoms with Gasteiger partial charge in [-0.3, -0.25) is 0 Å². The second kappa shape index (κ2) is 6.08. The molecule has 2 aromatic carbocycles. The summed E-state index contributed by atoms with van der Waals surface area (Å²) >= 11 is -3.99. The molecule has 0 spiro atoms. The zero-order valence-electron chi connectivity index (χ0n) is 14.4. The van der Waals surface area contributed by atoms with Gasteiger partial charge in [0.05, 0.1) is 0 Å². The van der Waals surface area contributed by atoms with E-state index in [2.05, 4.69) is 61.6 Å². The topological polar surface area (TPSA) is 0 Å². The second-order valence-corrected chi connectivity index (χ2v) is 51.1. The van der Waals surface area contributed by atoms with Crippen LogP contribution in [0.3, 0.4) is 0 Å². The molecule has 0 aromatic heterocycles. The van der Waals surface area contributed by atoms with Crippen molar-refractivity contribution in [1.29, 1.82) is 0 Å². The Balaban J connectivity index is 1.88. The molecule has 24 heavy (non-hydrogen) atoms. The molecule has 0 N–H and O–H groups in total. The summed E-state index contributed by atoms with van der Waals surface area (Å²) in [6.07, 6.45) is 4.64. The Hall–Kier alpha value is 0.120. The fourth-order valence-corrected chi connectivity index (χ4v) is 37.2. The fraction of sp³-hybridized carbons (Fsp3) is 0.400. The van der Waals surface area contributed by atoms with Gasteiger partial charge in [0.1, 0.15) is 0 Å². The molecule has 2 atom stereocenters. The molecule has 0 radical (unpaired) electrons. The maximum absolute atomic E-state index is 7.83. The van der Waals surface area contributed by atoms with Gasteiger partial charge in [0.15, 0.2) is 0 Å². The second-order valence-electron chi connectivity index (χ2n) is 7.96. The van der Waals surface area contributed by atoms with Gasteiger partial charge < -0.3 is 0 Å². The molecule has 4 rings (SSSR count). The van der Waals surface area contributed by atoms with Crippen molar-refractivity contribution in [3.05, 3.63) is 70.8 Å². The molecule has 2 aliphatic carbocycles. The van der Waals surface area contributed by atoms with Gasteiger partial charge in [-0.05, 0) is 0 Å². The van der Waals surface area contributed by atoms with Crippen molar-refractivity contribution in [2.75, 3.05) is 0 Å². The maximum atomic E-state index is 7.83. The average Bonchev–Trinajstić information content (AvgIpc) is 3.20. The zero-order valence-corrected chi connectivity index (χ0v) is 19.6. The Morgan fingerprint density at radius 3 is 1.62 bits per heavy atom. The van der Waals surface area contributed by atoms with Crippen molar-refractivity contribution in [1.82, 2.24) is 0 Å². The van der Waals surface area contributed by atoms with Crippen LogP contribution in [0.2, 0.25) is 13.1 Å². The van der Waals surface area contributed by atoms with Crippen LogP contribution in [0.5, 0.6) is 0 Å². The number of aryl methyl sites for hydroxylation is 2. The molecule has 0 saturated heterocycles. The van der Waals surface area contributed by atoms with Crippen molar-refractivity contribution in [3.8, 4) is 0 Å². The van der Waals surface area contributed by atoms with Crippen molar-refractivity contribution in [3.63, 3.8) is 0 Å². The number of rotatable bonds is 3. The Bertz CT molecular complexity index is 727. The molecule has 0 saturated carbocycles. The Labute approximate surface area is 154 Å². The first-order valence-corrected chi connectivity index (χ1v) is 25.5. The van der Waals surface area contributed by atoms with Gasteiger partial charge in [-0.2, -0.15) is 0 Å². The average molecular weight is 456 g/mol. The molecule has 0 bridgehead atoms. The summed E-state index contributed by atoms with van der Waals surface area (Å²) in [5.74, 6) is -1.20. The number of hydrogen-bond donors (Lipinski definition) is 0. The van der Waals surface area contributed by atoms with Crippen LogP contribution in [-0.2, 0) is 28.4 Å². The molecule has 4 heteroatoms. The molecule has 127 valence electrons. The van der Waals surface area contributed by atoms with E-state index in [1.165, 1.54) is 35.1 Å². The van der Waals surface area contributed by atoms with Gasteiger partial charge >= 0.3 is 155 Å². The molecule has 0 nitrogen and oxygen atoms in total. The summed E-state index contributed by atoms with van der Waals surface area (Å²) in [5.41, 5.74) is 5.95. The van der Waals surface area contributed by atoms with Crippen molar-refractivity contribution in [2.45, 2.75) is 46.0 Å². The van der Waals surface area contributed by atoms with Gasteiger partial charge in [0, 0.05) is 0 Å². The Morgan fingerprint density at radius 1 is 0.792 bits per heavy atom. The van der Waals surface area contributed by atoms with E-state index >= 15 is 0 Å². The van der Waals surface area contributed by atoms with E-state index in [4.69, 9.17) is 17.0 Å². The summed E-state index contributed by atoms with van der Waals surface area (Å²) in [6, 6.07) is 17.8. The quantitative estimate of drug-likeness (QED) is 0.474. The standard InChI is InChI=1S/2C9H9.C2H7Si.2ClH.Zr/c2*1-2-5-9-7-3-6-8(9)4-1;1-3-2;;;/h2*1-2,4-6H,3,7H2;3H,1-2H3;2*1H;/q;;;;;+2/p-2. The van der Waals surface area contributed by atoms with Gasteiger partial charge in [-0.15, -0.1) is 0 Å². The first-order valence-electron chi connectivity index (χ1n) is 9.15. The number of halogens is 2. The van der Waals surface area contributed by atoms with E-state index < -0.39 is 21.5 Å². The molecule has 2 aliphatic rings. The first-order chi connectivity index (χ1) is 11.4. The van der Waals surface area contributed by atoms with Crippen molar-refractivity contribution >= 4 is 22.9 Å². The van der Waals surface area contributed by atoms with Crippen molar-refractivity contribution in [2.24, 2.45) is 0 Å². The van der Waals surface area contributed by atoms with E-state index in [1.54, 1.807) is 0 Å². The van der Waals surface area contributed by atoms with Gasteiger partial charge in [-0.25, -0.2) is 0 Å². The Morgan fingerprint density at radius 2 is 1.21 bits per heavy atom. The minimum atomic E-state index is -3.99. The van der Waals surface area contributed by atoms with Crippen LogP contribution in [0.1, 0.15) is 42.3 Å². The summed E-state index contributed by atoms with van der Waals surface area (Å²) in [5, 5.41) is 0. The van der Waals surface area contributed by atoms with Gasteiger partial charge in [0.25, 0.3) is 0 Å². The van der Waals surface area contributed by atoms with Crippen LogP contribution >= 0.6 is 17.0 Å². The van der Waals surface area contributed by atoms with Gasteiger partial charge in [-0.1, -0.05) is 0 Å². The number of fused-ring (bicyclic) bond motifs is 2. The van der Waals surface area contributed by atoms with Crippen LogP contribution < -0.4 is 0 Å². The van der Waals surface area contributed by atoms with Crippen LogP contribution in [-0.4, -0.2) is 5.92 Å². The predicted octanol–water partition coefficient (Wildman–Crippen LogP) is 6.34. The molecule has 0 fully saturated rings. The van der Waals surface area contributed by atoms with E-state index in [1.807, 2.05) is 0 Å². The van der Waals surface area contributed by atoms with E-state index in [9.17, 15) is 0 Å². The SMILES string of the molecule is C[SiH](C)[Zr]([Cl])([Cl])([CH]1CCc2ccccc21)[CH]1CCc2ccccc21. The molecular formula is C20H25Cl2SiZr. The van der Waals surface area contributed by atoms with E-state index in [-0.39, 0.29) is 0 Å². The zero-order chi connectivity index (χ0) is 17.0. The summed E-state index contributed by atoms with van der Waals surface area (Å²) in [4.78, 5) is 0. The van der Waals surface area contributed by atoms with Crippen LogP contribution in [0.4, 0.5) is 0 Å². The van der Waals surface area contributed by atoms with Crippen LogP contribution in [0, 0.1) is 0 Å². The van der Waals surface area contributed by atoms with Crippen LogP contribution in [0.15, 0.2) is 48.5 Å². The summed E-state index contributed by atoms with van der Waals surface area (Å²) in [6.45, 7) is 4.85. The minimum absolute atomic E-state index is 0.453. The summed E-state index contributed by atoms with van der Waals surface area (Å²) in [7, 11) is 15.7. The molecule has 0 aliphatic heterocycles. The molecular weight excluding hydrogens is 430 g/mol. The molecule has 2 aromatic rings. The summed E-state index contributed by atoms with van der Waals surface area (Å²) < 4.78 is 0.905. The van der Waals surface area contributed by atoms with E-state index in [0.717, 1.165) is 12.8 Å². The van der Waals surface area contributed by atoms with Gasteiger partial charge in [0.2, 0.25) is 0 Å². The third kappa shape index (κ3) is 2.40. The fourth-order valence-electron chi connectivity index (χ4n) is 5.31. The molecule has 0 heterocycles. The number of hydrogen-bond acceptors (Lipinski definition) is 0. The Kier molecular flexibility index (Phi) is 4.44. The number of benzene rings is 2. The third-order valence-corrected chi connectivity index (χ3v) is 61.2. The third-order valence-electron chi connectivity index (χ3n) is 6.70. The monoisotopic (exact) mass is 453 g/mol. The normalized spacial score (nSPS) is 24.5. The van der Waals surface area contributed by atoms with Crippen molar-refractivity contribution < 1.29 is 15.6 Å². The predicted molar refractivity (Wildman–Crippen MR) is 106 cm³/mol.